The Labute approximate surface area is 155 Å². The Hall–Kier alpha value is -2.55. The first-order valence-electron chi connectivity index (χ1n) is 7.90. The fraction of sp³-hybridized carbons (Fsp3) is 0.278. The third-order valence-electron chi connectivity index (χ3n) is 3.85. The quantitative estimate of drug-likeness (QED) is 0.832. The molecule has 0 heterocycles. The monoisotopic (exact) mass is 400 g/mol. The van der Waals surface area contributed by atoms with Gasteiger partial charge in [0.2, 0.25) is 15.9 Å². The maximum absolute atomic E-state index is 12.8. The summed E-state index contributed by atoms with van der Waals surface area (Å²) in [7, 11) is -3.79. The molecule has 1 N–H and O–H groups in total. The summed E-state index contributed by atoms with van der Waals surface area (Å²) in [5.74, 6) is -0.748. The van der Waals surface area contributed by atoms with Gasteiger partial charge in [0.05, 0.1) is 17.5 Å². The third kappa shape index (κ3) is 5.22. The number of hydrogen-bond acceptors (Lipinski definition) is 3. The van der Waals surface area contributed by atoms with E-state index in [-0.39, 0.29) is 5.69 Å². The molecule has 0 spiro atoms. The van der Waals surface area contributed by atoms with E-state index in [1.54, 1.807) is 32.0 Å². The summed E-state index contributed by atoms with van der Waals surface area (Å²) in [4.78, 5) is 12.3. The summed E-state index contributed by atoms with van der Waals surface area (Å²) >= 11 is 0. The van der Waals surface area contributed by atoms with Crippen molar-refractivity contribution in [1.29, 1.82) is 0 Å². The lowest BCUT2D eigenvalue weighted by atomic mass is 10.1. The van der Waals surface area contributed by atoms with Gasteiger partial charge in [-0.3, -0.25) is 9.10 Å². The predicted octanol–water partition coefficient (Wildman–Crippen LogP) is 3.73. The van der Waals surface area contributed by atoms with Gasteiger partial charge in [-0.15, -0.1) is 0 Å². The molecular formula is C18H19F3N2O3S. The highest BCUT2D eigenvalue weighted by Crippen LogP contribution is 2.31. The zero-order chi connectivity index (χ0) is 20.4. The van der Waals surface area contributed by atoms with Crippen molar-refractivity contribution in [1.82, 2.24) is 0 Å². The number of carbonyl (C=O) groups is 1. The Balaban J connectivity index is 2.28. The zero-order valence-electron chi connectivity index (χ0n) is 15.0. The van der Waals surface area contributed by atoms with Crippen molar-refractivity contribution in [3.05, 3.63) is 59.2 Å². The molecule has 2 rings (SSSR count). The van der Waals surface area contributed by atoms with Gasteiger partial charge in [-0.05, 0) is 43.2 Å². The van der Waals surface area contributed by atoms with Gasteiger partial charge in [-0.2, -0.15) is 13.2 Å². The molecule has 0 saturated carbocycles. The largest absolute Gasteiger partial charge is 0.416 e. The van der Waals surface area contributed by atoms with Crippen molar-refractivity contribution in [3.63, 3.8) is 0 Å². The van der Waals surface area contributed by atoms with Crippen LogP contribution in [0.1, 0.15) is 16.7 Å². The minimum atomic E-state index is -4.54. The fourth-order valence-corrected chi connectivity index (χ4v) is 3.64. The van der Waals surface area contributed by atoms with E-state index in [4.69, 9.17) is 0 Å². The number of rotatable bonds is 5. The second kappa shape index (κ2) is 7.59. The van der Waals surface area contributed by atoms with Gasteiger partial charge >= 0.3 is 6.18 Å². The Kier molecular flexibility index (Phi) is 5.84. The van der Waals surface area contributed by atoms with Crippen molar-refractivity contribution >= 4 is 27.3 Å². The third-order valence-corrected chi connectivity index (χ3v) is 4.96. The number of alkyl halides is 3. The lowest BCUT2D eigenvalue weighted by Crippen LogP contribution is -2.38. The number of sulfonamides is 1. The number of carbonyl (C=O) groups excluding carboxylic acids is 1. The molecule has 0 bridgehead atoms. The number of benzene rings is 2. The van der Waals surface area contributed by atoms with Crippen LogP contribution in [0.5, 0.6) is 0 Å². The summed E-state index contributed by atoms with van der Waals surface area (Å²) in [6.07, 6.45) is -3.58. The second-order valence-corrected chi connectivity index (χ2v) is 8.04. The summed E-state index contributed by atoms with van der Waals surface area (Å²) in [6, 6.07) is 9.33. The average Bonchev–Trinajstić information content (AvgIpc) is 2.52. The molecule has 5 nitrogen and oxygen atoms in total. The molecule has 2 aromatic carbocycles. The molecule has 0 atom stereocenters. The first kappa shape index (κ1) is 20.8. The predicted molar refractivity (Wildman–Crippen MR) is 98.2 cm³/mol. The number of amides is 1. The molecule has 0 radical (unpaired) electrons. The molecule has 0 saturated heterocycles. The highest BCUT2D eigenvalue weighted by Gasteiger charge is 2.30. The minimum absolute atomic E-state index is 0.0650. The molecule has 0 unspecified atom stereocenters. The van der Waals surface area contributed by atoms with E-state index in [1.165, 1.54) is 6.07 Å². The van der Waals surface area contributed by atoms with Crippen molar-refractivity contribution in [2.24, 2.45) is 0 Å². The zero-order valence-corrected chi connectivity index (χ0v) is 15.8. The molecule has 9 heteroatoms. The number of nitrogens with one attached hydrogen (secondary N) is 1. The molecule has 2 aromatic rings. The van der Waals surface area contributed by atoms with Crippen molar-refractivity contribution < 1.29 is 26.4 Å². The van der Waals surface area contributed by atoms with Crippen molar-refractivity contribution in [2.75, 3.05) is 22.4 Å². The highest BCUT2D eigenvalue weighted by atomic mass is 32.2. The van der Waals surface area contributed by atoms with Crippen LogP contribution in [0.3, 0.4) is 0 Å². The number of nitrogens with zero attached hydrogens (tertiary/aromatic N) is 1. The Morgan fingerprint density at radius 2 is 1.63 bits per heavy atom. The average molecular weight is 400 g/mol. The van der Waals surface area contributed by atoms with Crippen LogP contribution in [-0.2, 0) is 21.0 Å². The number of halogens is 3. The van der Waals surface area contributed by atoms with Crippen LogP contribution in [0.2, 0.25) is 0 Å². The van der Waals surface area contributed by atoms with Crippen molar-refractivity contribution in [3.8, 4) is 0 Å². The fourth-order valence-electron chi connectivity index (χ4n) is 2.67. The van der Waals surface area contributed by atoms with Gasteiger partial charge in [0, 0.05) is 5.69 Å². The normalized spacial score (nSPS) is 11.9. The maximum Gasteiger partial charge on any atom is 0.416 e. The molecular weight excluding hydrogens is 381 g/mol. The van der Waals surface area contributed by atoms with Crippen LogP contribution >= 0.6 is 0 Å². The lowest BCUT2D eigenvalue weighted by molar-refractivity contribution is -0.137. The minimum Gasteiger partial charge on any atom is -0.325 e. The standard InChI is InChI=1S/C18H19F3N2O3S/c1-12-6-4-7-13(2)17(12)23(27(3,25)26)11-16(24)22-15-9-5-8-14(10-15)18(19,20)21/h4-10H,11H2,1-3H3,(H,22,24). The van der Waals surface area contributed by atoms with Crippen LogP contribution in [0.15, 0.2) is 42.5 Å². The molecule has 0 fully saturated rings. The number of anilines is 2. The van der Waals surface area contributed by atoms with Gasteiger partial charge < -0.3 is 5.32 Å². The molecule has 27 heavy (non-hydrogen) atoms. The van der Waals surface area contributed by atoms with E-state index in [1.807, 2.05) is 0 Å². The van der Waals surface area contributed by atoms with Gasteiger partial charge in [0.15, 0.2) is 0 Å². The van der Waals surface area contributed by atoms with Crippen molar-refractivity contribution in [2.45, 2.75) is 20.0 Å². The SMILES string of the molecule is Cc1cccc(C)c1N(CC(=O)Nc1cccc(C(F)(F)F)c1)S(C)(=O)=O. The van der Waals surface area contributed by atoms with Crippen LogP contribution in [-0.4, -0.2) is 27.1 Å². The van der Waals surface area contributed by atoms with Gasteiger partial charge in [-0.25, -0.2) is 8.42 Å². The smallest absolute Gasteiger partial charge is 0.325 e. The van der Waals surface area contributed by atoms with Gasteiger partial charge in [-0.1, -0.05) is 24.3 Å². The molecule has 0 aliphatic heterocycles. The Morgan fingerprint density at radius 1 is 1.07 bits per heavy atom. The molecule has 0 aliphatic rings. The van der Waals surface area contributed by atoms with Crippen LogP contribution in [0, 0.1) is 13.8 Å². The summed E-state index contributed by atoms with van der Waals surface area (Å²) < 4.78 is 63.7. The van der Waals surface area contributed by atoms with E-state index in [9.17, 15) is 26.4 Å². The molecule has 0 aliphatic carbocycles. The van der Waals surface area contributed by atoms with Crippen LogP contribution in [0.4, 0.5) is 24.5 Å². The first-order chi connectivity index (χ1) is 12.4. The summed E-state index contributed by atoms with van der Waals surface area (Å²) in [5.41, 5.74) is 0.721. The van der Waals surface area contributed by atoms with E-state index in [2.05, 4.69) is 5.32 Å². The maximum atomic E-state index is 12.8. The van der Waals surface area contributed by atoms with Gasteiger partial charge in [0.1, 0.15) is 6.54 Å². The summed E-state index contributed by atoms with van der Waals surface area (Å²) in [5, 5.41) is 2.32. The number of aryl methyl sites for hydroxylation is 2. The second-order valence-electron chi connectivity index (χ2n) is 6.14. The first-order valence-corrected chi connectivity index (χ1v) is 9.75. The number of para-hydroxylation sites is 1. The van der Waals surface area contributed by atoms with E-state index < -0.39 is 34.2 Å². The Morgan fingerprint density at radius 3 is 2.15 bits per heavy atom. The molecule has 146 valence electrons. The Bertz CT molecular complexity index is 936. The van der Waals surface area contributed by atoms with Crippen LogP contribution < -0.4 is 9.62 Å². The van der Waals surface area contributed by atoms with Crippen LogP contribution in [0.25, 0.3) is 0 Å². The lowest BCUT2D eigenvalue weighted by Gasteiger charge is -2.25. The molecule has 1 amide bonds. The van der Waals surface area contributed by atoms with E-state index >= 15 is 0 Å². The topological polar surface area (TPSA) is 66.5 Å². The van der Waals surface area contributed by atoms with E-state index in [0.717, 1.165) is 28.8 Å². The highest BCUT2D eigenvalue weighted by molar-refractivity contribution is 7.92. The van der Waals surface area contributed by atoms with Gasteiger partial charge in [0.25, 0.3) is 0 Å². The summed E-state index contributed by atoms with van der Waals surface area (Å²) in [6.45, 7) is 2.87. The van der Waals surface area contributed by atoms with E-state index in [0.29, 0.717) is 16.8 Å². The molecule has 0 aromatic heterocycles. The number of hydrogen-bond donors (Lipinski definition) is 1.